The Morgan fingerprint density at radius 1 is 1.58 bits per heavy atom. The molecule has 0 aromatic heterocycles. The van der Waals surface area contributed by atoms with Crippen LogP contribution in [0.5, 0.6) is 0 Å². The number of carbonyl (C=O) groups is 1. The van der Waals surface area contributed by atoms with Gasteiger partial charge in [-0.25, -0.2) is 0 Å². The van der Waals surface area contributed by atoms with Crippen LogP contribution in [-0.2, 0) is 4.79 Å². The Bertz CT molecular complexity index is 220. The Kier molecular flexibility index (Phi) is 2.38. The van der Waals surface area contributed by atoms with Gasteiger partial charge in [-0.2, -0.15) is 0 Å². The molecular weight excluding hydrogens is 152 g/mol. The summed E-state index contributed by atoms with van der Waals surface area (Å²) < 4.78 is 0. The first kappa shape index (κ1) is 9.46. The summed E-state index contributed by atoms with van der Waals surface area (Å²) in [6.45, 7) is 5.38. The molecule has 0 bridgehead atoms. The maximum atomic E-state index is 11.3. The van der Waals surface area contributed by atoms with Crippen molar-refractivity contribution in [1.82, 2.24) is 0 Å². The van der Waals surface area contributed by atoms with Gasteiger partial charge in [0.15, 0.2) is 5.78 Å². The van der Waals surface area contributed by atoms with Crippen LogP contribution in [0, 0.1) is 5.92 Å². The average molecular weight is 168 g/mol. The molecule has 0 aromatic rings. The van der Waals surface area contributed by atoms with Gasteiger partial charge >= 0.3 is 0 Å². The van der Waals surface area contributed by atoms with E-state index in [0.717, 1.165) is 18.4 Å². The van der Waals surface area contributed by atoms with E-state index in [2.05, 4.69) is 0 Å². The minimum atomic E-state index is -0.824. The molecule has 0 radical (unpaired) electrons. The van der Waals surface area contributed by atoms with E-state index in [-0.39, 0.29) is 11.7 Å². The smallest absolute Gasteiger partial charge is 0.158 e. The van der Waals surface area contributed by atoms with Gasteiger partial charge in [0.1, 0.15) is 0 Å². The molecule has 0 aromatic carbocycles. The van der Waals surface area contributed by atoms with Crippen LogP contribution in [0.25, 0.3) is 0 Å². The molecule has 2 nitrogen and oxygen atoms in total. The van der Waals surface area contributed by atoms with Gasteiger partial charge in [-0.1, -0.05) is 6.92 Å². The summed E-state index contributed by atoms with van der Waals surface area (Å²) in [4.78, 5) is 11.3. The van der Waals surface area contributed by atoms with Crippen LogP contribution in [0.1, 0.15) is 33.6 Å². The van der Waals surface area contributed by atoms with E-state index in [1.807, 2.05) is 6.92 Å². The molecule has 0 saturated heterocycles. The summed E-state index contributed by atoms with van der Waals surface area (Å²) >= 11 is 0. The largest absolute Gasteiger partial charge is 0.386 e. The van der Waals surface area contributed by atoms with Crippen LogP contribution < -0.4 is 0 Å². The highest BCUT2D eigenvalue weighted by molar-refractivity contribution is 5.93. The molecule has 2 heteroatoms. The summed E-state index contributed by atoms with van der Waals surface area (Å²) in [5, 5.41) is 9.63. The maximum Gasteiger partial charge on any atom is 0.158 e. The second-order valence-electron chi connectivity index (χ2n) is 4.07. The number of rotatable bonds is 1. The molecule has 12 heavy (non-hydrogen) atoms. The fourth-order valence-electron chi connectivity index (χ4n) is 1.38. The monoisotopic (exact) mass is 168 g/mol. The Balaban J connectivity index is 2.83. The molecule has 1 aliphatic carbocycles. The van der Waals surface area contributed by atoms with Gasteiger partial charge in [0.2, 0.25) is 0 Å². The van der Waals surface area contributed by atoms with E-state index in [9.17, 15) is 9.90 Å². The number of hydrogen-bond acceptors (Lipinski definition) is 2. The maximum absolute atomic E-state index is 11.3. The third-order valence-electron chi connectivity index (χ3n) is 2.43. The van der Waals surface area contributed by atoms with Crippen LogP contribution >= 0.6 is 0 Å². The second kappa shape index (κ2) is 3.02. The molecule has 1 rings (SSSR count). The van der Waals surface area contributed by atoms with E-state index < -0.39 is 5.60 Å². The van der Waals surface area contributed by atoms with Crippen molar-refractivity contribution in [3.8, 4) is 0 Å². The highest BCUT2D eigenvalue weighted by atomic mass is 16.3. The molecule has 68 valence electrons. The average Bonchev–Trinajstić information content (AvgIpc) is 1.92. The summed E-state index contributed by atoms with van der Waals surface area (Å²) in [5.74, 6) is 0.287. The lowest BCUT2D eigenvalue weighted by molar-refractivity contribution is -0.118. The fourth-order valence-corrected chi connectivity index (χ4v) is 1.38. The number of hydrogen-bond donors (Lipinski definition) is 1. The molecule has 1 aliphatic rings. The Morgan fingerprint density at radius 2 is 2.17 bits per heavy atom. The molecule has 0 fully saturated rings. The van der Waals surface area contributed by atoms with E-state index in [1.54, 1.807) is 19.9 Å². The van der Waals surface area contributed by atoms with Gasteiger partial charge in [0.25, 0.3) is 0 Å². The molecule has 0 amide bonds. The number of ketones is 1. The molecule has 1 atom stereocenters. The van der Waals surface area contributed by atoms with Crippen molar-refractivity contribution >= 4 is 5.78 Å². The highest BCUT2D eigenvalue weighted by Crippen LogP contribution is 2.27. The van der Waals surface area contributed by atoms with Gasteiger partial charge in [0.05, 0.1) is 5.60 Å². The highest BCUT2D eigenvalue weighted by Gasteiger charge is 2.26. The molecular formula is C10H16O2. The van der Waals surface area contributed by atoms with Crippen LogP contribution in [-0.4, -0.2) is 16.5 Å². The topological polar surface area (TPSA) is 37.3 Å². The number of carbonyl (C=O) groups excluding carboxylic acids is 1. The van der Waals surface area contributed by atoms with Crippen molar-refractivity contribution in [2.24, 2.45) is 5.92 Å². The summed E-state index contributed by atoms with van der Waals surface area (Å²) in [6.07, 6.45) is 3.32. The first-order chi connectivity index (χ1) is 5.41. The first-order valence-electron chi connectivity index (χ1n) is 4.38. The SMILES string of the molecule is CC1CCC(C(C)(C)O)=CC1=O. The summed E-state index contributed by atoms with van der Waals surface area (Å²) in [6, 6.07) is 0. The van der Waals surface area contributed by atoms with Crippen molar-refractivity contribution in [3.63, 3.8) is 0 Å². The van der Waals surface area contributed by atoms with Crippen LogP contribution in [0.3, 0.4) is 0 Å². The molecule has 1 unspecified atom stereocenters. The number of allylic oxidation sites excluding steroid dienone is 1. The van der Waals surface area contributed by atoms with Crippen molar-refractivity contribution in [3.05, 3.63) is 11.6 Å². The molecule has 0 spiro atoms. The lowest BCUT2D eigenvalue weighted by Gasteiger charge is -2.26. The second-order valence-corrected chi connectivity index (χ2v) is 4.07. The zero-order chi connectivity index (χ0) is 9.35. The van der Waals surface area contributed by atoms with Crippen molar-refractivity contribution in [2.45, 2.75) is 39.2 Å². The molecule has 0 heterocycles. The van der Waals surface area contributed by atoms with E-state index in [1.165, 1.54) is 0 Å². The predicted molar refractivity (Wildman–Crippen MR) is 47.8 cm³/mol. The Morgan fingerprint density at radius 3 is 2.58 bits per heavy atom. The van der Waals surface area contributed by atoms with Gasteiger partial charge in [-0.3, -0.25) is 4.79 Å². The van der Waals surface area contributed by atoms with Crippen molar-refractivity contribution < 1.29 is 9.90 Å². The third kappa shape index (κ3) is 1.95. The van der Waals surface area contributed by atoms with Gasteiger partial charge in [-0.15, -0.1) is 0 Å². The fraction of sp³-hybridized carbons (Fsp3) is 0.700. The van der Waals surface area contributed by atoms with Gasteiger partial charge < -0.3 is 5.11 Å². The minimum Gasteiger partial charge on any atom is -0.386 e. The Labute approximate surface area is 73.3 Å². The minimum absolute atomic E-state index is 0.135. The first-order valence-corrected chi connectivity index (χ1v) is 4.38. The standard InChI is InChI=1S/C10H16O2/c1-7-4-5-8(6-9(7)11)10(2,3)12/h6-7,12H,4-5H2,1-3H3. The summed E-state index contributed by atoms with van der Waals surface area (Å²) in [7, 11) is 0. The van der Waals surface area contributed by atoms with E-state index >= 15 is 0 Å². The third-order valence-corrected chi connectivity index (χ3v) is 2.43. The lowest BCUT2D eigenvalue weighted by atomic mass is 9.83. The van der Waals surface area contributed by atoms with Gasteiger partial charge in [-0.05, 0) is 38.3 Å². The van der Waals surface area contributed by atoms with Gasteiger partial charge in [0, 0.05) is 5.92 Å². The van der Waals surface area contributed by atoms with Crippen LogP contribution in [0.15, 0.2) is 11.6 Å². The van der Waals surface area contributed by atoms with E-state index in [4.69, 9.17) is 0 Å². The zero-order valence-corrected chi connectivity index (χ0v) is 7.92. The predicted octanol–water partition coefficient (Wildman–Crippen LogP) is 1.68. The van der Waals surface area contributed by atoms with E-state index in [0.29, 0.717) is 0 Å². The molecule has 0 aliphatic heterocycles. The Hall–Kier alpha value is -0.630. The number of aliphatic hydroxyl groups is 1. The van der Waals surface area contributed by atoms with Crippen molar-refractivity contribution in [1.29, 1.82) is 0 Å². The zero-order valence-electron chi connectivity index (χ0n) is 7.92. The van der Waals surface area contributed by atoms with Crippen molar-refractivity contribution in [2.75, 3.05) is 0 Å². The van der Waals surface area contributed by atoms with Crippen LogP contribution in [0.4, 0.5) is 0 Å². The summed E-state index contributed by atoms with van der Waals surface area (Å²) in [5.41, 5.74) is 0.0427. The molecule has 0 saturated carbocycles. The molecule has 1 N–H and O–H groups in total. The lowest BCUT2D eigenvalue weighted by Crippen LogP contribution is -2.27. The normalized spacial score (nSPS) is 25.5. The van der Waals surface area contributed by atoms with Crippen LogP contribution in [0.2, 0.25) is 0 Å². The quantitative estimate of drug-likeness (QED) is 0.646.